The molecule has 3 rings (SSSR count). The van der Waals surface area contributed by atoms with Crippen LogP contribution in [0.15, 0.2) is 18.2 Å². The molecule has 0 aromatic heterocycles. The molecule has 0 radical (unpaired) electrons. The largest absolute Gasteiger partial charge is 0.497 e. The van der Waals surface area contributed by atoms with E-state index >= 15 is 0 Å². The topological polar surface area (TPSA) is 27.7 Å². The third-order valence-electron chi connectivity index (χ3n) is 3.84. The highest BCUT2D eigenvalue weighted by Crippen LogP contribution is 2.39. The quantitative estimate of drug-likeness (QED) is 0.872. The summed E-state index contributed by atoms with van der Waals surface area (Å²) in [6, 6.07) is 4.28. The minimum Gasteiger partial charge on any atom is -0.497 e. The molecule has 2 aliphatic rings. The Morgan fingerprint density at radius 2 is 2.00 bits per heavy atom. The number of hydrogen-bond donors (Lipinski definition) is 1. The molecule has 4 nitrogen and oxygen atoms in total. The number of ether oxygens (including phenoxy) is 1. The maximum atomic E-state index is 5.45. The summed E-state index contributed by atoms with van der Waals surface area (Å²) in [6.45, 7) is 5.17. The summed E-state index contributed by atoms with van der Waals surface area (Å²) < 4.78 is 5.45. The van der Waals surface area contributed by atoms with Gasteiger partial charge in [-0.3, -0.25) is 0 Å². The number of rotatable bonds is 2. The van der Waals surface area contributed by atoms with Gasteiger partial charge in [0.25, 0.3) is 0 Å². The van der Waals surface area contributed by atoms with E-state index in [0.29, 0.717) is 0 Å². The Balaban J connectivity index is 2.07. The van der Waals surface area contributed by atoms with Gasteiger partial charge in [0, 0.05) is 51.4 Å². The zero-order valence-electron chi connectivity index (χ0n) is 11.6. The molecule has 102 valence electrons. The Labute approximate surface area is 114 Å². The van der Waals surface area contributed by atoms with Crippen LogP contribution in [0.3, 0.4) is 0 Å². The maximum Gasteiger partial charge on any atom is 0.121 e. The molecular formula is C15H21N3O. The number of anilines is 2. The van der Waals surface area contributed by atoms with Gasteiger partial charge < -0.3 is 19.9 Å². The molecule has 2 aliphatic heterocycles. The maximum absolute atomic E-state index is 5.45. The van der Waals surface area contributed by atoms with Gasteiger partial charge in [0.15, 0.2) is 0 Å². The first kappa shape index (κ1) is 12.4. The van der Waals surface area contributed by atoms with E-state index in [0.717, 1.165) is 38.5 Å². The molecule has 0 spiro atoms. The summed E-state index contributed by atoms with van der Waals surface area (Å²) in [7, 11) is 3.89. The molecule has 1 fully saturated rings. The first-order valence-electron chi connectivity index (χ1n) is 6.85. The first-order chi connectivity index (χ1) is 9.29. The number of nitrogens with zero attached hydrogens (tertiary/aromatic N) is 2. The lowest BCUT2D eigenvalue weighted by Gasteiger charge is -2.35. The molecule has 1 aromatic rings. The molecule has 0 atom stereocenters. The van der Waals surface area contributed by atoms with Crippen LogP contribution in [0.4, 0.5) is 11.4 Å². The lowest BCUT2D eigenvalue weighted by atomic mass is 10.0. The molecular weight excluding hydrogens is 238 g/mol. The minimum absolute atomic E-state index is 0.937. The van der Waals surface area contributed by atoms with Crippen molar-refractivity contribution in [1.29, 1.82) is 0 Å². The van der Waals surface area contributed by atoms with Gasteiger partial charge in [0.05, 0.1) is 18.5 Å². The molecule has 0 unspecified atom stereocenters. The van der Waals surface area contributed by atoms with Crippen molar-refractivity contribution in [3.05, 3.63) is 23.8 Å². The van der Waals surface area contributed by atoms with Crippen LogP contribution in [0.25, 0.3) is 6.08 Å². The van der Waals surface area contributed by atoms with Gasteiger partial charge in [-0.15, -0.1) is 0 Å². The fraction of sp³-hybridized carbons (Fsp3) is 0.467. The van der Waals surface area contributed by atoms with E-state index in [1.807, 2.05) is 0 Å². The Kier molecular flexibility index (Phi) is 3.34. The van der Waals surface area contributed by atoms with Gasteiger partial charge in [0.2, 0.25) is 0 Å². The molecule has 0 aliphatic carbocycles. The molecule has 0 saturated carbocycles. The third kappa shape index (κ3) is 2.28. The van der Waals surface area contributed by atoms with Gasteiger partial charge in [-0.05, 0) is 6.07 Å². The van der Waals surface area contributed by atoms with E-state index in [4.69, 9.17) is 4.74 Å². The molecule has 1 aromatic carbocycles. The summed E-state index contributed by atoms with van der Waals surface area (Å²) in [4.78, 5) is 4.76. The summed E-state index contributed by atoms with van der Waals surface area (Å²) in [5.41, 5.74) is 3.87. The number of methoxy groups -OCH3 is 1. The van der Waals surface area contributed by atoms with Gasteiger partial charge >= 0.3 is 0 Å². The van der Waals surface area contributed by atoms with Crippen LogP contribution in [-0.2, 0) is 0 Å². The zero-order chi connectivity index (χ0) is 13.2. The van der Waals surface area contributed by atoms with Crippen molar-refractivity contribution in [3.63, 3.8) is 0 Å². The fourth-order valence-electron chi connectivity index (χ4n) is 2.85. The van der Waals surface area contributed by atoms with E-state index in [2.05, 4.69) is 46.4 Å². The molecule has 19 heavy (non-hydrogen) atoms. The van der Waals surface area contributed by atoms with E-state index < -0.39 is 0 Å². The second-order valence-electron chi connectivity index (χ2n) is 5.10. The first-order valence-corrected chi connectivity index (χ1v) is 6.85. The predicted octanol–water partition coefficient (Wildman–Crippen LogP) is 1.57. The fourth-order valence-corrected chi connectivity index (χ4v) is 2.85. The predicted molar refractivity (Wildman–Crippen MR) is 80.4 cm³/mol. The van der Waals surface area contributed by atoms with Crippen molar-refractivity contribution in [1.82, 2.24) is 5.32 Å². The van der Waals surface area contributed by atoms with Crippen LogP contribution in [0, 0.1) is 0 Å². The van der Waals surface area contributed by atoms with E-state index in [1.54, 1.807) is 7.11 Å². The van der Waals surface area contributed by atoms with Crippen molar-refractivity contribution in [2.24, 2.45) is 0 Å². The summed E-state index contributed by atoms with van der Waals surface area (Å²) in [5.74, 6) is 0.937. The average molecular weight is 259 g/mol. The summed E-state index contributed by atoms with van der Waals surface area (Å²) >= 11 is 0. The van der Waals surface area contributed by atoms with Gasteiger partial charge in [0.1, 0.15) is 5.75 Å². The van der Waals surface area contributed by atoms with Crippen molar-refractivity contribution < 1.29 is 4.74 Å². The van der Waals surface area contributed by atoms with Crippen LogP contribution in [-0.4, -0.2) is 46.9 Å². The Bertz CT molecular complexity index is 492. The molecule has 0 amide bonds. The second kappa shape index (κ2) is 5.13. The number of benzene rings is 1. The summed E-state index contributed by atoms with van der Waals surface area (Å²) in [5, 5.41) is 3.40. The number of likely N-dealkylation sites (N-methyl/N-ethyl adjacent to an activating group) is 1. The van der Waals surface area contributed by atoms with Gasteiger partial charge in [-0.25, -0.2) is 0 Å². The van der Waals surface area contributed by atoms with Crippen LogP contribution >= 0.6 is 0 Å². The standard InChI is InChI=1S/C15H21N3O/c1-17-7-3-4-12-10-13(19-2)11-14(15(12)17)18-8-5-16-6-9-18/h3-4,10-11,16H,5-9H2,1-2H3. The van der Waals surface area contributed by atoms with E-state index in [1.165, 1.54) is 16.9 Å². The Morgan fingerprint density at radius 3 is 2.74 bits per heavy atom. The molecule has 1 saturated heterocycles. The van der Waals surface area contributed by atoms with Crippen LogP contribution in [0.5, 0.6) is 5.75 Å². The molecule has 1 N–H and O–H groups in total. The second-order valence-corrected chi connectivity index (χ2v) is 5.10. The van der Waals surface area contributed by atoms with Crippen LogP contribution in [0.2, 0.25) is 0 Å². The number of piperazine rings is 1. The Morgan fingerprint density at radius 1 is 1.21 bits per heavy atom. The van der Waals surface area contributed by atoms with Crippen LogP contribution < -0.4 is 19.9 Å². The average Bonchev–Trinajstić information content (AvgIpc) is 2.47. The minimum atomic E-state index is 0.937. The van der Waals surface area contributed by atoms with Crippen molar-refractivity contribution in [3.8, 4) is 5.75 Å². The highest BCUT2D eigenvalue weighted by molar-refractivity contribution is 5.84. The normalized spacial score (nSPS) is 18.4. The van der Waals surface area contributed by atoms with Gasteiger partial charge in [-0.2, -0.15) is 0 Å². The van der Waals surface area contributed by atoms with Crippen molar-refractivity contribution >= 4 is 17.5 Å². The third-order valence-corrected chi connectivity index (χ3v) is 3.84. The molecule has 2 heterocycles. The molecule has 4 heteroatoms. The van der Waals surface area contributed by atoms with Gasteiger partial charge in [-0.1, -0.05) is 12.2 Å². The summed E-state index contributed by atoms with van der Waals surface area (Å²) in [6.07, 6.45) is 4.40. The lowest BCUT2D eigenvalue weighted by molar-refractivity contribution is 0.414. The highest BCUT2D eigenvalue weighted by Gasteiger charge is 2.21. The van der Waals surface area contributed by atoms with Crippen LogP contribution in [0.1, 0.15) is 5.56 Å². The zero-order valence-corrected chi connectivity index (χ0v) is 11.6. The monoisotopic (exact) mass is 259 g/mol. The number of hydrogen-bond acceptors (Lipinski definition) is 4. The lowest BCUT2D eigenvalue weighted by Crippen LogP contribution is -2.44. The van der Waals surface area contributed by atoms with Crippen molar-refractivity contribution in [2.45, 2.75) is 0 Å². The number of fused-ring (bicyclic) bond motifs is 1. The Hall–Kier alpha value is -1.68. The molecule has 0 bridgehead atoms. The number of nitrogens with one attached hydrogen (secondary N) is 1. The highest BCUT2D eigenvalue weighted by atomic mass is 16.5. The van der Waals surface area contributed by atoms with E-state index in [9.17, 15) is 0 Å². The van der Waals surface area contributed by atoms with E-state index in [-0.39, 0.29) is 0 Å². The van der Waals surface area contributed by atoms with Crippen molar-refractivity contribution in [2.75, 3.05) is 56.7 Å². The smallest absolute Gasteiger partial charge is 0.121 e. The SMILES string of the molecule is COc1cc2c(c(N3CCNCC3)c1)N(C)CC=C2.